The van der Waals surface area contributed by atoms with Gasteiger partial charge < -0.3 is 14.6 Å². The highest BCUT2D eigenvalue weighted by Crippen LogP contribution is 2.26. The molecule has 0 spiro atoms. The summed E-state index contributed by atoms with van der Waals surface area (Å²) in [6.45, 7) is 1.63. The lowest BCUT2D eigenvalue weighted by Crippen LogP contribution is -2.31. The largest absolute Gasteiger partial charge is 0.455 e. The Morgan fingerprint density at radius 1 is 0.872 bits per heavy atom. The third-order valence-corrected chi connectivity index (χ3v) is 5.92. The minimum Gasteiger partial charge on any atom is -0.455 e. The second kappa shape index (κ2) is 11.3. The van der Waals surface area contributed by atoms with E-state index in [0.29, 0.717) is 28.7 Å². The first-order chi connectivity index (χ1) is 18.9. The molecule has 3 heterocycles. The number of nitro benzene ring substituents is 2. The molecule has 198 valence electrons. The van der Waals surface area contributed by atoms with E-state index in [4.69, 9.17) is 4.42 Å². The molecule has 14 heteroatoms. The van der Waals surface area contributed by atoms with E-state index in [2.05, 4.69) is 35.7 Å². The van der Waals surface area contributed by atoms with E-state index in [1.54, 1.807) is 36.4 Å². The number of nitrogens with zero attached hydrogens (tertiary/aromatic N) is 7. The Bertz CT molecular complexity index is 1510. The van der Waals surface area contributed by atoms with Gasteiger partial charge in [-0.25, -0.2) is 5.43 Å². The third kappa shape index (κ3) is 6.30. The van der Waals surface area contributed by atoms with Gasteiger partial charge in [0.25, 0.3) is 11.4 Å². The number of piperidine rings is 1. The molecule has 39 heavy (non-hydrogen) atoms. The lowest BCUT2D eigenvalue weighted by molar-refractivity contribution is -0.385. The van der Waals surface area contributed by atoms with Crippen LogP contribution in [0.4, 0.5) is 34.9 Å². The van der Waals surface area contributed by atoms with Gasteiger partial charge in [-0.3, -0.25) is 20.2 Å². The number of nitrogens with one attached hydrogen (secondary N) is 2. The molecule has 0 radical (unpaired) electrons. The lowest BCUT2D eigenvalue weighted by atomic mass is 10.1. The minimum absolute atomic E-state index is 0.0199. The van der Waals surface area contributed by atoms with Crippen LogP contribution in [0.2, 0.25) is 0 Å². The summed E-state index contributed by atoms with van der Waals surface area (Å²) >= 11 is 0. The predicted octanol–water partition coefficient (Wildman–Crippen LogP) is 5.13. The van der Waals surface area contributed by atoms with Gasteiger partial charge in [-0.15, -0.1) is 0 Å². The average molecular weight is 530 g/mol. The van der Waals surface area contributed by atoms with Gasteiger partial charge in [0, 0.05) is 48.6 Å². The second-order valence-corrected chi connectivity index (χ2v) is 8.64. The standard InChI is InChI=1S/C25H23N9O5/c35-33(36)19-9-7-18(8-10-19)27-23-28-24(30-25(29-23)32-13-2-1-3-14-32)31-26-16-21-11-12-22(39-21)17-5-4-6-20(15-17)34(37)38/h4-12,15-16H,1-3,13-14H2,(H2,27,28,29,30,31). The zero-order chi connectivity index (χ0) is 27.2. The van der Waals surface area contributed by atoms with Gasteiger partial charge in [0.15, 0.2) is 0 Å². The van der Waals surface area contributed by atoms with Crippen LogP contribution in [0.1, 0.15) is 25.0 Å². The summed E-state index contributed by atoms with van der Waals surface area (Å²) in [6, 6.07) is 15.5. The fourth-order valence-electron chi connectivity index (χ4n) is 4.01. The molecule has 1 aliphatic heterocycles. The molecule has 0 unspecified atom stereocenters. The molecule has 1 aliphatic rings. The van der Waals surface area contributed by atoms with Crippen molar-refractivity contribution in [2.45, 2.75) is 19.3 Å². The summed E-state index contributed by atoms with van der Waals surface area (Å²) in [7, 11) is 0. The van der Waals surface area contributed by atoms with Gasteiger partial charge in [0.05, 0.1) is 16.1 Å². The number of hydrogen-bond donors (Lipinski definition) is 2. The Balaban J connectivity index is 1.33. The van der Waals surface area contributed by atoms with Crippen LogP contribution in [0.25, 0.3) is 11.3 Å². The van der Waals surface area contributed by atoms with Crippen LogP contribution >= 0.6 is 0 Å². The zero-order valence-corrected chi connectivity index (χ0v) is 20.6. The van der Waals surface area contributed by atoms with E-state index in [-0.39, 0.29) is 23.3 Å². The summed E-state index contributed by atoms with van der Waals surface area (Å²) in [5, 5.41) is 29.2. The number of hydrogen-bond acceptors (Lipinski definition) is 12. The first-order valence-electron chi connectivity index (χ1n) is 12.1. The highest BCUT2D eigenvalue weighted by atomic mass is 16.6. The summed E-state index contributed by atoms with van der Waals surface area (Å²) < 4.78 is 5.76. The first kappa shape index (κ1) is 25.3. The van der Waals surface area contributed by atoms with E-state index < -0.39 is 9.85 Å². The number of hydrazone groups is 1. The fourth-order valence-corrected chi connectivity index (χ4v) is 4.01. The van der Waals surface area contributed by atoms with Gasteiger partial charge in [0.1, 0.15) is 11.5 Å². The smallest absolute Gasteiger partial charge is 0.270 e. The quantitative estimate of drug-likeness (QED) is 0.167. The predicted molar refractivity (Wildman–Crippen MR) is 144 cm³/mol. The van der Waals surface area contributed by atoms with Crippen molar-refractivity contribution in [1.29, 1.82) is 0 Å². The molecule has 0 atom stereocenters. The number of anilines is 4. The van der Waals surface area contributed by atoms with Crippen LogP contribution < -0.4 is 15.6 Å². The van der Waals surface area contributed by atoms with Crippen molar-refractivity contribution < 1.29 is 14.3 Å². The maximum atomic E-state index is 11.1. The van der Waals surface area contributed by atoms with Gasteiger partial charge in [-0.2, -0.15) is 20.1 Å². The highest BCUT2D eigenvalue weighted by Gasteiger charge is 2.17. The van der Waals surface area contributed by atoms with E-state index in [0.717, 1.165) is 32.4 Å². The minimum atomic E-state index is -0.465. The molecule has 0 amide bonds. The molecule has 4 aromatic rings. The van der Waals surface area contributed by atoms with Crippen molar-refractivity contribution in [2.75, 3.05) is 28.7 Å². The Morgan fingerprint density at radius 2 is 1.62 bits per heavy atom. The van der Waals surface area contributed by atoms with Crippen LogP contribution in [-0.4, -0.2) is 44.1 Å². The number of aromatic nitrogens is 3. The van der Waals surface area contributed by atoms with Crippen molar-refractivity contribution in [3.8, 4) is 11.3 Å². The first-order valence-corrected chi connectivity index (χ1v) is 12.1. The van der Waals surface area contributed by atoms with Crippen molar-refractivity contribution in [2.24, 2.45) is 5.10 Å². The third-order valence-electron chi connectivity index (χ3n) is 5.92. The maximum Gasteiger partial charge on any atom is 0.270 e. The van der Waals surface area contributed by atoms with E-state index in [1.165, 1.54) is 30.5 Å². The number of nitro groups is 2. The monoisotopic (exact) mass is 529 g/mol. The molecule has 1 fully saturated rings. The summed E-state index contributed by atoms with van der Waals surface area (Å²) in [5.74, 6) is 1.80. The highest BCUT2D eigenvalue weighted by molar-refractivity contribution is 5.78. The van der Waals surface area contributed by atoms with Crippen molar-refractivity contribution in [3.05, 3.63) is 86.7 Å². The van der Waals surface area contributed by atoms with Crippen LogP contribution in [0.3, 0.4) is 0 Å². The Hall–Kier alpha value is -5.40. The van der Waals surface area contributed by atoms with E-state index in [9.17, 15) is 20.2 Å². The molecule has 1 saturated heterocycles. The molecule has 14 nitrogen and oxygen atoms in total. The average Bonchev–Trinajstić information content (AvgIpc) is 3.43. The molecule has 2 aromatic carbocycles. The van der Waals surface area contributed by atoms with Crippen molar-refractivity contribution >= 4 is 41.1 Å². The Morgan fingerprint density at radius 3 is 2.36 bits per heavy atom. The van der Waals surface area contributed by atoms with Crippen LogP contribution in [-0.2, 0) is 0 Å². The molecule has 0 aliphatic carbocycles. The number of benzene rings is 2. The van der Waals surface area contributed by atoms with E-state index in [1.807, 2.05) is 0 Å². The molecule has 2 aromatic heterocycles. The lowest BCUT2D eigenvalue weighted by Gasteiger charge is -2.26. The molecule has 0 bridgehead atoms. The normalized spacial score (nSPS) is 13.4. The molecular formula is C25H23N9O5. The van der Waals surface area contributed by atoms with Crippen LogP contribution in [0.15, 0.2) is 70.2 Å². The number of furan rings is 1. The van der Waals surface area contributed by atoms with Gasteiger partial charge in [-0.1, -0.05) is 12.1 Å². The van der Waals surface area contributed by atoms with Crippen LogP contribution in [0.5, 0.6) is 0 Å². The van der Waals surface area contributed by atoms with Crippen molar-refractivity contribution in [3.63, 3.8) is 0 Å². The van der Waals surface area contributed by atoms with Gasteiger partial charge >= 0.3 is 0 Å². The van der Waals surface area contributed by atoms with Crippen LogP contribution in [0, 0.1) is 20.2 Å². The molecular weight excluding hydrogens is 506 g/mol. The molecule has 2 N–H and O–H groups in total. The molecule has 5 rings (SSSR count). The van der Waals surface area contributed by atoms with Gasteiger partial charge in [-0.05, 0) is 43.5 Å². The fraction of sp³-hybridized carbons (Fsp3) is 0.200. The topological polar surface area (TPSA) is 178 Å². The summed E-state index contributed by atoms with van der Waals surface area (Å²) in [6.07, 6.45) is 4.65. The van der Waals surface area contributed by atoms with Gasteiger partial charge in [0.2, 0.25) is 17.8 Å². The number of non-ortho nitro benzene ring substituents is 2. The number of rotatable bonds is 9. The summed E-state index contributed by atoms with van der Waals surface area (Å²) in [5.41, 5.74) is 3.90. The second-order valence-electron chi connectivity index (χ2n) is 8.64. The summed E-state index contributed by atoms with van der Waals surface area (Å²) in [4.78, 5) is 36.5. The SMILES string of the molecule is O=[N+]([O-])c1ccc(Nc2nc(NN=Cc3ccc(-c4cccc([N+](=O)[O-])c4)o3)nc(N3CCCCC3)n2)cc1. The zero-order valence-electron chi connectivity index (χ0n) is 20.6. The van der Waals surface area contributed by atoms with Crippen molar-refractivity contribution in [1.82, 2.24) is 15.0 Å². The molecule has 0 saturated carbocycles. The Labute approximate surface area is 221 Å². The maximum absolute atomic E-state index is 11.1. The Kier molecular flexibility index (Phi) is 7.34. The van der Waals surface area contributed by atoms with E-state index >= 15 is 0 Å².